The molecule has 0 saturated heterocycles. The second-order valence-corrected chi connectivity index (χ2v) is 17.1. The molecule has 0 bridgehead atoms. The Morgan fingerprint density at radius 1 is 0.344 bits per heavy atom. The van der Waals surface area contributed by atoms with Crippen LogP contribution in [0.3, 0.4) is 0 Å². The highest BCUT2D eigenvalue weighted by Gasteiger charge is 2.47. The van der Waals surface area contributed by atoms with Crippen molar-refractivity contribution in [3.63, 3.8) is 0 Å². The zero-order valence-corrected chi connectivity index (χ0v) is 34.2. The predicted octanol–water partition coefficient (Wildman–Crippen LogP) is 16.4. The van der Waals surface area contributed by atoms with E-state index >= 15 is 0 Å². The Bertz CT molecular complexity index is 3370. The van der Waals surface area contributed by atoms with E-state index in [-0.39, 0.29) is 0 Å². The van der Waals surface area contributed by atoms with Gasteiger partial charge in [-0.15, -0.1) is 11.3 Å². The number of hydrogen-bond acceptors (Lipinski definition) is 2. The molecule has 1 nitrogen and oxygen atoms in total. The van der Waals surface area contributed by atoms with Crippen molar-refractivity contribution in [2.75, 3.05) is 4.90 Å². The van der Waals surface area contributed by atoms with Crippen LogP contribution in [-0.4, -0.2) is 0 Å². The molecular weight excluding hydrogens is 755 g/mol. The summed E-state index contributed by atoms with van der Waals surface area (Å²) in [6.45, 7) is 0. The van der Waals surface area contributed by atoms with Gasteiger partial charge in [0.1, 0.15) is 0 Å². The fraction of sp³-hybridized carbons (Fsp3) is 0.0169. The fourth-order valence-corrected chi connectivity index (χ4v) is 11.2. The first kappa shape index (κ1) is 35.4. The van der Waals surface area contributed by atoms with E-state index in [0.717, 1.165) is 17.1 Å². The Morgan fingerprint density at radius 2 is 0.951 bits per heavy atom. The monoisotopic (exact) mass is 793 g/mol. The third-order valence-corrected chi connectivity index (χ3v) is 13.9. The lowest BCUT2D eigenvalue weighted by molar-refractivity contribution is 0.768. The van der Waals surface area contributed by atoms with Gasteiger partial charge in [0.2, 0.25) is 0 Å². The molecule has 1 heterocycles. The number of hydrogen-bond donors (Lipinski definition) is 0. The second kappa shape index (κ2) is 14.3. The Labute approximate surface area is 360 Å². The highest BCUT2D eigenvalue weighted by atomic mass is 32.1. The first-order chi connectivity index (χ1) is 30.3. The van der Waals surface area contributed by atoms with Crippen molar-refractivity contribution in [2.45, 2.75) is 5.41 Å². The van der Waals surface area contributed by atoms with Crippen LogP contribution in [0.4, 0.5) is 17.1 Å². The highest BCUT2D eigenvalue weighted by Crippen LogP contribution is 2.59. The van der Waals surface area contributed by atoms with Crippen LogP contribution in [0.15, 0.2) is 237 Å². The molecule has 1 aliphatic rings. The molecule has 0 unspecified atom stereocenters. The summed E-state index contributed by atoms with van der Waals surface area (Å²) in [6.07, 6.45) is 0. The van der Waals surface area contributed by atoms with Crippen molar-refractivity contribution >= 4 is 59.3 Å². The van der Waals surface area contributed by atoms with Gasteiger partial charge in [-0.05, 0) is 103 Å². The molecule has 0 saturated carbocycles. The minimum Gasteiger partial charge on any atom is -0.310 e. The molecule has 0 radical (unpaired) electrons. The maximum absolute atomic E-state index is 2.48. The lowest BCUT2D eigenvalue weighted by atomic mass is 9.68. The van der Waals surface area contributed by atoms with Crippen LogP contribution >= 0.6 is 11.3 Å². The molecule has 286 valence electrons. The second-order valence-electron chi connectivity index (χ2n) is 16.0. The zero-order chi connectivity index (χ0) is 40.3. The highest BCUT2D eigenvalue weighted by molar-refractivity contribution is 7.25. The van der Waals surface area contributed by atoms with Crippen LogP contribution in [0.2, 0.25) is 0 Å². The van der Waals surface area contributed by atoms with Crippen LogP contribution in [0.25, 0.3) is 64.3 Å². The van der Waals surface area contributed by atoms with Crippen LogP contribution in [0, 0.1) is 0 Å². The molecule has 1 aromatic heterocycles. The van der Waals surface area contributed by atoms with Gasteiger partial charge in [0.15, 0.2) is 0 Å². The van der Waals surface area contributed by atoms with Crippen molar-refractivity contribution in [2.24, 2.45) is 0 Å². The molecule has 1 aliphatic carbocycles. The normalized spacial score (nSPS) is 12.7. The van der Waals surface area contributed by atoms with Gasteiger partial charge in [-0.25, -0.2) is 0 Å². The average molecular weight is 794 g/mol. The number of nitrogens with zero attached hydrogens (tertiary/aromatic N) is 1. The van der Waals surface area contributed by atoms with E-state index in [4.69, 9.17) is 0 Å². The van der Waals surface area contributed by atoms with E-state index in [9.17, 15) is 0 Å². The minimum atomic E-state index is -0.504. The third-order valence-electron chi connectivity index (χ3n) is 12.7. The van der Waals surface area contributed by atoms with Crippen molar-refractivity contribution in [3.05, 3.63) is 259 Å². The van der Waals surface area contributed by atoms with Gasteiger partial charge in [-0.3, -0.25) is 0 Å². The number of anilines is 3. The zero-order valence-electron chi connectivity index (χ0n) is 33.4. The van der Waals surface area contributed by atoms with Gasteiger partial charge in [0.05, 0.1) is 11.1 Å². The molecule has 61 heavy (non-hydrogen) atoms. The number of thiophene rings is 1. The predicted molar refractivity (Wildman–Crippen MR) is 260 cm³/mol. The lowest BCUT2D eigenvalue weighted by Gasteiger charge is -2.34. The van der Waals surface area contributed by atoms with Gasteiger partial charge < -0.3 is 4.90 Å². The van der Waals surface area contributed by atoms with Crippen molar-refractivity contribution in [1.82, 2.24) is 0 Å². The summed E-state index contributed by atoms with van der Waals surface area (Å²) < 4.78 is 2.64. The molecule has 0 atom stereocenters. The number of benzene rings is 10. The average Bonchev–Trinajstić information content (AvgIpc) is 3.86. The first-order valence-electron chi connectivity index (χ1n) is 21.0. The first-order valence-corrected chi connectivity index (χ1v) is 21.8. The van der Waals surface area contributed by atoms with Gasteiger partial charge in [-0.2, -0.15) is 0 Å². The molecule has 0 amide bonds. The molecular formula is C59H39NS. The van der Waals surface area contributed by atoms with Crippen molar-refractivity contribution in [1.29, 1.82) is 0 Å². The summed E-state index contributed by atoms with van der Waals surface area (Å²) in [6, 6.07) is 87.4. The summed E-state index contributed by atoms with van der Waals surface area (Å²) >= 11 is 1.87. The maximum atomic E-state index is 2.48. The Balaban J connectivity index is 1.08. The Morgan fingerprint density at radius 3 is 1.77 bits per heavy atom. The van der Waals surface area contributed by atoms with Crippen LogP contribution in [0.1, 0.15) is 22.3 Å². The molecule has 0 fully saturated rings. The molecule has 2 heteroatoms. The summed E-state index contributed by atoms with van der Waals surface area (Å²) in [7, 11) is 0. The summed E-state index contributed by atoms with van der Waals surface area (Å²) in [5.41, 5.74) is 15.3. The van der Waals surface area contributed by atoms with E-state index in [1.54, 1.807) is 0 Å². The smallest absolute Gasteiger partial charge is 0.0714 e. The molecule has 12 rings (SSSR count). The van der Waals surface area contributed by atoms with Gasteiger partial charge in [0, 0.05) is 37.1 Å². The molecule has 11 aromatic rings. The van der Waals surface area contributed by atoms with Crippen LogP contribution < -0.4 is 4.90 Å². The van der Waals surface area contributed by atoms with Gasteiger partial charge in [-0.1, -0.05) is 194 Å². The summed E-state index contributed by atoms with van der Waals surface area (Å²) in [4.78, 5) is 2.48. The standard InChI is InChI=1S/C59H39NS/c1-3-19-44(20-4-1)59(45-21-5-2-6-22-45)53-28-11-9-26-52(53)58-54(59)29-15-30-55(58)60(47-23-13-18-43(38-47)49-27-14-17-41-16-7-8-24-48(41)49)46-35-32-40(33-36-46)42-34-37-51-50-25-10-12-31-56(50)61-57(51)39-42/h1-39H. The number of fused-ring (bicyclic) bond motifs is 7. The quantitative estimate of drug-likeness (QED) is 0.155. The molecule has 0 aliphatic heterocycles. The van der Waals surface area contributed by atoms with Gasteiger partial charge in [0.25, 0.3) is 0 Å². The molecule has 0 spiro atoms. The van der Waals surface area contributed by atoms with E-state index in [0.29, 0.717) is 0 Å². The fourth-order valence-electron chi connectivity index (χ4n) is 10.1. The van der Waals surface area contributed by atoms with E-state index in [1.807, 2.05) is 11.3 Å². The van der Waals surface area contributed by atoms with Crippen molar-refractivity contribution < 1.29 is 0 Å². The molecule has 10 aromatic carbocycles. The molecule has 0 N–H and O–H groups in total. The van der Waals surface area contributed by atoms with E-state index in [2.05, 4.69) is 241 Å². The topological polar surface area (TPSA) is 3.24 Å². The minimum absolute atomic E-state index is 0.504. The maximum Gasteiger partial charge on any atom is 0.0714 e. The largest absolute Gasteiger partial charge is 0.310 e. The third kappa shape index (κ3) is 5.60. The summed E-state index contributed by atoms with van der Waals surface area (Å²) in [5.74, 6) is 0. The lowest BCUT2D eigenvalue weighted by Crippen LogP contribution is -2.28. The van der Waals surface area contributed by atoms with Crippen molar-refractivity contribution in [3.8, 4) is 33.4 Å². The van der Waals surface area contributed by atoms with E-state index in [1.165, 1.54) is 86.6 Å². The SMILES string of the molecule is c1ccc(C2(c3ccccc3)c3ccccc3-c3c(N(c4ccc(-c5ccc6c(c5)sc5ccccc56)cc4)c4cccc(-c5cccc6ccccc56)c4)cccc32)cc1. The number of rotatable bonds is 7. The Hall–Kier alpha value is -7.52. The van der Waals surface area contributed by atoms with Crippen LogP contribution in [0.5, 0.6) is 0 Å². The summed E-state index contributed by atoms with van der Waals surface area (Å²) in [5, 5.41) is 5.13. The van der Waals surface area contributed by atoms with Gasteiger partial charge >= 0.3 is 0 Å². The van der Waals surface area contributed by atoms with Crippen LogP contribution in [-0.2, 0) is 5.41 Å². The Kier molecular flexibility index (Phi) is 8.33. The van der Waals surface area contributed by atoms with E-state index < -0.39 is 5.41 Å².